The van der Waals surface area contributed by atoms with E-state index in [2.05, 4.69) is 34.5 Å². The summed E-state index contributed by atoms with van der Waals surface area (Å²) >= 11 is 1.60. The quantitative estimate of drug-likeness (QED) is 0.794. The van der Waals surface area contributed by atoms with Crippen molar-refractivity contribution in [3.63, 3.8) is 0 Å². The van der Waals surface area contributed by atoms with E-state index >= 15 is 0 Å². The Morgan fingerprint density at radius 1 is 1.26 bits per heavy atom. The van der Waals surface area contributed by atoms with Crippen LogP contribution in [0.5, 0.6) is 0 Å². The fourth-order valence-electron chi connectivity index (χ4n) is 3.03. The van der Waals surface area contributed by atoms with E-state index in [1.54, 1.807) is 11.3 Å². The summed E-state index contributed by atoms with van der Waals surface area (Å²) in [6, 6.07) is 10.6. The molecule has 0 bridgehead atoms. The first-order chi connectivity index (χ1) is 11.3. The van der Waals surface area contributed by atoms with Crippen LogP contribution in [0.25, 0.3) is 16.2 Å². The molecule has 1 aromatic carbocycles. The molecule has 5 nitrogen and oxygen atoms in total. The van der Waals surface area contributed by atoms with E-state index in [9.17, 15) is 0 Å². The standard InChI is InChI=1S/C17H20N4OS/c1-12(13-7-9-22-10-8-13)18-16-20-21-11-15(19-17(21)23-16)14-5-3-2-4-6-14/h2-6,11-13H,7-10H2,1H3,(H,18,20). The van der Waals surface area contributed by atoms with Crippen molar-refractivity contribution in [2.45, 2.75) is 25.8 Å². The smallest absolute Gasteiger partial charge is 0.214 e. The molecule has 1 fully saturated rings. The first-order valence-corrected chi connectivity index (χ1v) is 8.87. The second-order valence-corrected chi connectivity index (χ2v) is 6.97. The van der Waals surface area contributed by atoms with Gasteiger partial charge in [0.25, 0.3) is 0 Å². The van der Waals surface area contributed by atoms with Crippen molar-refractivity contribution in [3.8, 4) is 11.3 Å². The molecule has 23 heavy (non-hydrogen) atoms. The highest BCUT2D eigenvalue weighted by molar-refractivity contribution is 7.20. The molecular weight excluding hydrogens is 308 g/mol. The molecule has 0 saturated carbocycles. The second kappa shape index (κ2) is 6.29. The Bertz CT molecular complexity index is 745. The summed E-state index contributed by atoms with van der Waals surface area (Å²) in [6.07, 6.45) is 4.23. The molecule has 0 amide bonds. The number of fused-ring (bicyclic) bond motifs is 1. The summed E-state index contributed by atoms with van der Waals surface area (Å²) in [5.41, 5.74) is 2.09. The molecule has 1 aliphatic heterocycles. The molecule has 1 saturated heterocycles. The molecular formula is C17H20N4OS. The lowest BCUT2D eigenvalue weighted by Gasteiger charge is -2.28. The Balaban J connectivity index is 1.50. The number of aromatic nitrogens is 3. The zero-order valence-electron chi connectivity index (χ0n) is 13.1. The van der Waals surface area contributed by atoms with Crippen molar-refractivity contribution in [2.24, 2.45) is 5.92 Å². The minimum absolute atomic E-state index is 0.406. The van der Waals surface area contributed by atoms with Crippen LogP contribution in [0.4, 0.5) is 5.13 Å². The first kappa shape index (κ1) is 14.7. The lowest BCUT2D eigenvalue weighted by Crippen LogP contribution is -2.30. The van der Waals surface area contributed by atoms with Gasteiger partial charge in [-0.1, -0.05) is 41.7 Å². The zero-order valence-corrected chi connectivity index (χ0v) is 13.9. The number of imidazole rings is 1. The maximum Gasteiger partial charge on any atom is 0.214 e. The minimum Gasteiger partial charge on any atom is -0.381 e. The van der Waals surface area contributed by atoms with Crippen LogP contribution >= 0.6 is 11.3 Å². The normalized spacial score (nSPS) is 17.4. The van der Waals surface area contributed by atoms with Gasteiger partial charge in [-0.25, -0.2) is 9.50 Å². The third-order valence-corrected chi connectivity index (χ3v) is 5.29. The van der Waals surface area contributed by atoms with Gasteiger partial charge in [-0.2, -0.15) is 0 Å². The lowest BCUT2D eigenvalue weighted by atomic mass is 9.93. The SMILES string of the molecule is CC(Nc1nn2cc(-c3ccccc3)nc2s1)C1CCOCC1. The van der Waals surface area contributed by atoms with E-state index in [4.69, 9.17) is 4.74 Å². The monoisotopic (exact) mass is 328 g/mol. The molecule has 3 aromatic rings. The van der Waals surface area contributed by atoms with Gasteiger partial charge >= 0.3 is 0 Å². The zero-order chi connectivity index (χ0) is 15.6. The van der Waals surface area contributed by atoms with Gasteiger partial charge in [0.15, 0.2) is 0 Å². The van der Waals surface area contributed by atoms with Crippen molar-refractivity contribution in [1.29, 1.82) is 0 Å². The van der Waals surface area contributed by atoms with Crippen LogP contribution in [0, 0.1) is 5.92 Å². The Hall–Kier alpha value is -1.92. The molecule has 3 heterocycles. The van der Waals surface area contributed by atoms with E-state index in [1.807, 2.05) is 28.9 Å². The highest BCUT2D eigenvalue weighted by Crippen LogP contribution is 2.27. The fraction of sp³-hybridized carbons (Fsp3) is 0.412. The van der Waals surface area contributed by atoms with Crippen molar-refractivity contribution < 1.29 is 4.74 Å². The summed E-state index contributed by atoms with van der Waals surface area (Å²) in [7, 11) is 0. The Morgan fingerprint density at radius 2 is 2.04 bits per heavy atom. The van der Waals surface area contributed by atoms with Crippen LogP contribution in [-0.2, 0) is 4.74 Å². The first-order valence-electron chi connectivity index (χ1n) is 8.05. The number of hydrogen-bond acceptors (Lipinski definition) is 5. The summed E-state index contributed by atoms with van der Waals surface area (Å²) in [5, 5.41) is 9.10. The number of anilines is 1. The molecule has 0 spiro atoms. The van der Waals surface area contributed by atoms with E-state index in [0.717, 1.165) is 47.4 Å². The maximum atomic E-state index is 5.44. The Morgan fingerprint density at radius 3 is 2.78 bits per heavy atom. The highest BCUT2D eigenvalue weighted by atomic mass is 32.1. The average Bonchev–Trinajstić information content (AvgIpc) is 3.15. The van der Waals surface area contributed by atoms with Crippen LogP contribution in [0.15, 0.2) is 36.5 Å². The van der Waals surface area contributed by atoms with Crippen LogP contribution in [0.1, 0.15) is 19.8 Å². The highest BCUT2D eigenvalue weighted by Gasteiger charge is 2.21. The third kappa shape index (κ3) is 3.09. The molecule has 0 radical (unpaired) electrons. The van der Waals surface area contributed by atoms with Crippen molar-refractivity contribution in [3.05, 3.63) is 36.5 Å². The molecule has 1 aliphatic rings. The van der Waals surface area contributed by atoms with E-state index in [1.165, 1.54) is 0 Å². The number of benzene rings is 1. The molecule has 1 atom stereocenters. The van der Waals surface area contributed by atoms with Gasteiger partial charge in [-0.05, 0) is 25.7 Å². The van der Waals surface area contributed by atoms with Gasteiger partial charge in [0.1, 0.15) is 0 Å². The molecule has 1 N–H and O–H groups in total. The molecule has 1 unspecified atom stereocenters. The number of nitrogens with zero attached hydrogens (tertiary/aromatic N) is 3. The molecule has 4 rings (SSSR count). The second-order valence-electron chi connectivity index (χ2n) is 6.01. The van der Waals surface area contributed by atoms with Gasteiger partial charge in [0.2, 0.25) is 10.1 Å². The summed E-state index contributed by atoms with van der Waals surface area (Å²) in [4.78, 5) is 5.60. The largest absolute Gasteiger partial charge is 0.381 e. The number of rotatable bonds is 4. The van der Waals surface area contributed by atoms with Crippen molar-refractivity contribution in [2.75, 3.05) is 18.5 Å². The minimum atomic E-state index is 0.406. The van der Waals surface area contributed by atoms with Crippen molar-refractivity contribution in [1.82, 2.24) is 14.6 Å². The average molecular weight is 328 g/mol. The van der Waals surface area contributed by atoms with Crippen LogP contribution < -0.4 is 5.32 Å². The van der Waals surface area contributed by atoms with E-state index in [-0.39, 0.29) is 0 Å². The predicted molar refractivity (Wildman–Crippen MR) is 92.9 cm³/mol. The fourth-order valence-corrected chi connectivity index (χ4v) is 3.91. The van der Waals surface area contributed by atoms with E-state index in [0.29, 0.717) is 12.0 Å². The van der Waals surface area contributed by atoms with Crippen LogP contribution in [-0.4, -0.2) is 33.9 Å². The molecule has 2 aromatic heterocycles. The van der Waals surface area contributed by atoms with Crippen LogP contribution in [0.2, 0.25) is 0 Å². The summed E-state index contributed by atoms with van der Waals surface area (Å²) in [6.45, 7) is 3.98. The Kier molecular flexibility index (Phi) is 4.01. The van der Waals surface area contributed by atoms with Gasteiger partial charge in [0.05, 0.1) is 11.9 Å². The van der Waals surface area contributed by atoms with Gasteiger partial charge in [-0.3, -0.25) is 0 Å². The lowest BCUT2D eigenvalue weighted by molar-refractivity contribution is 0.0622. The number of nitrogens with one attached hydrogen (secondary N) is 1. The number of ether oxygens (including phenoxy) is 1. The Labute approximate surface area is 139 Å². The molecule has 6 heteroatoms. The van der Waals surface area contributed by atoms with E-state index < -0.39 is 0 Å². The maximum absolute atomic E-state index is 5.44. The number of hydrogen-bond donors (Lipinski definition) is 1. The van der Waals surface area contributed by atoms with Gasteiger partial charge < -0.3 is 10.1 Å². The predicted octanol–water partition coefficient (Wildman–Crippen LogP) is 3.68. The molecule has 120 valence electrons. The topological polar surface area (TPSA) is 51.5 Å². The molecule has 0 aliphatic carbocycles. The third-order valence-electron chi connectivity index (χ3n) is 4.44. The van der Waals surface area contributed by atoms with Crippen LogP contribution in [0.3, 0.4) is 0 Å². The van der Waals surface area contributed by atoms with Gasteiger partial charge in [-0.15, -0.1) is 5.10 Å². The summed E-state index contributed by atoms with van der Waals surface area (Å²) < 4.78 is 7.30. The summed E-state index contributed by atoms with van der Waals surface area (Å²) in [5.74, 6) is 0.653. The van der Waals surface area contributed by atoms with Crippen molar-refractivity contribution >= 4 is 21.4 Å². The van der Waals surface area contributed by atoms with Gasteiger partial charge in [0, 0.05) is 24.8 Å².